The first-order valence-corrected chi connectivity index (χ1v) is 11.2. The number of aryl methyl sites for hydroxylation is 1. The minimum Gasteiger partial charge on any atom is -0.546 e. The number of hydrogen-bond donors (Lipinski definition) is 0. The quantitative estimate of drug-likeness (QED) is 0.420. The molecule has 0 saturated carbocycles. The van der Waals surface area contributed by atoms with E-state index in [0.29, 0.717) is 15.8 Å². The van der Waals surface area contributed by atoms with Gasteiger partial charge >= 0.3 is 0 Å². The minimum absolute atomic E-state index is 0.349. The lowest BCUT2D eigenvalue weighted by molar-refractivity contribution is -0.307. The third-order valence-electron chi connectivity index (χ3n) is 5.82. The van der Waals surface area contributed by atoms with Gasteiger partial charge in [0.15, 0.2) is 0 Å². The summed E-state index contributed by atoms with van der Waals surface area (Å²) < 4.78 is 5.14. The van der Waals surface area contributed by atoms with Crippen LogP contribution in [0.15, 0.2) is 72.8 Å². The Labute approximate surface area is 199 Å². The molecule has 0 aliphatic carbocycles. The molecule has 3 aromatic carbocycles. The van der Waals surface area contributed by atoms with Crippen LogP contribution in [0.25, 0.3) is 0 Å². The van der Waals surface area contributed by atoms with Gasteiger partial charge in [0.1, 0.15) is 12.4 Å². The first-order valence-electron chi connectivity index (χ1n) is 10.4. The summed E-state index contributed by atoms with van der Waals surface area (Å²) in [5.41, 5.74) is 3.12. The van der Waals surface area contributed by atoms with Gasteiger partial charge in [-0.3, -0.25) is 4.90 Å². The smallest absolute Gasteiger partial charge is 0.128 e. The molecule has 0 aromatic heterocycles. The second kappa shape index (κ2) is 10.9. The van der Waals surface area contributed by atoms with E-state index in [1.165, 1.54) is 5.56 Å². The van der Waals surface area contributed by atoms with E-state index in [-0.39, 0.29) is 5.54 Å². The monoisotopic (exact) mass is 470 g/mol. The van der Waals surface area contributed by atoms with Crippen molar-refractivity contribution in [2.24, 2.45) is 0 Å². The average molecular weight is 471 g/mol. The normalized spacial score (nSPS) is 11.5. The van der Waals surface area contributed by atoms with Gasteiger partial charge in [-0.2, -0.15) is 0 Å². The molecule has 32 heavy (non-hydrogen) atoms. The molecule has 168 valence electrons. The van der Waals surface area contributed by atoms with Gasteiger partial charge in [0, 0.05) is 10.0 Å². The molecule has 6 heteroatoms. The van der Waals surface area contributed by atoms with Gasteiger partial charge in [-0.15, -0.1) is 0 Å². The Morgan fingerprint density at radius 1 is 0.906 bits per heavy atom. The Morgan fingerprint density at radius 3 is 1.88 bits per heavy atom. The van der Waals surface area contributed by atoms with Gasteiger partial charge in [0.05, 0.1) is 11.5 Å². The highest BCUT2D eigenvalue weighted by atomic mass is 35.5. The van der Waals surface area contributed by atoms with Crippen molar-refractivity contribution in [3.63, 3.8) is 0 Å². The molecule has 0 heterocycles. The molecule has 0 bridgehead atoms. The number of halogens is 2. The summed E-state index contributed by atoms with van der Waals surface area (Å²) in [6.45, 7) is 2.63. The van der Waals surface area contributed by atoms with Crippen LogP contribution in [0.1, 0.15) is 30.0 Å². The molecule has 0 radical (unpaired) electrons. The van der Waals surface area contributed by atoms with E-state index in [1.807, 2.05) is 36.4 Å². The van der Waals surface area contributed by atoms with Crippen LogP contribution in [-0.4, -0.2) is 31.1 Å². The predicted octanol–water partition coefficient (Wildman–Crippen LogP) is 4.95. The van der Waals surface area contributed by atoms with Crippen molar-refractivity contribution in [2.75, 3.05) is 20.2 Å². The molecule has 3 aromatic rings. The lowest BCUT2D eigenvalue weighted by Crippen LogP contribution is -2.42. The van der Waals surface area contributed by atoms with Crippen molar-refractivity contribution >= 4 is 29.2 Å². The Balaban J connectivity index is 1.70. The number of aliphatic carboxylic acids is 1. The molecule has 0 amide bonds. The second-order valence-electron chi connectivity index (χ2n) is 7.92. The molecule has 0 saturated heterocycles. The van der Waals surface area contributed by atoms with Gasteiger partial charge < -0.3 is 14.6 Å². The molecule has 4 nitrogen and oxygen atoms in total. The summed E-state index contributed by atoms with van der Waals surface area (Å²) >= 11 is 12.3. The van der Waals surface area contributed by atoms with Crippen LogP contribution in [-0.2, 0) is 16.8 Å². The standard InChI is InChI=1S/C26H27Cl2NO3/c1-26(20-7-11-22(27)12-8-20,21-9-13-23(28)14-10-21)29(2)17-3-4-19-5-15-24(16-6-19)32-18-25(30)31/h5-16H,3-4,17-18H2,1-2H3,(H,30,31)/p-1. The van der Waals surface area contributed by atoms with Crippen molar-refractivity contribution in [1.82, 2.24) is 4.90 Å². The van der Waals surface area contributed by atoms with Crippen LogP contribution in [0.5, 0.6) is 5.75 Å². The van der Waals surface area contributed by atoms with Crippen LogP contribution in [0.2, 0.25) is 10.0 Å². The minimum atomic E-state index is -1.23. The maximum Gasteiger partial charge on any atom is 0.128 e. The molecule has 3 rings (SSSR count). The van der Waals surface area contributed by atoms with E-state index in [1.54, 1.807) is 12.1 Å². The van der Waals surface area contributed by atoms with E-state index in [2.05, 4.69) is 43.1 Å². The van der Waals surface area contributed by atoms with Gasteiger partial charge in [-0.1, -0.05) is 59.6 Å². The number of carbonyl (C=O) groups excluding carboxylic acids is 1. The first-order chi connectivity index (χ1) is 15.3. The van der Waals surface area contributed by atoms with E-state index in [4.69, 9.17) is 27.9 Å². The maximum absolute atomic E-state index is 10.5. The highest BCUT2D eigenvalue weighted by Gasteiger charge is 2.33. The molecule has 0 spiro atoms. The number of carboxylic acid groups (broad SMARTS) is 1. The Bertz CT molecular complexity index is 973. The Hall–Kier alpha value is -2.53. The fourth-order valence-electron chi connectivity index (χ4n) is 3.79. The molecule has 0 fully saturated rings. The fraction of sp³-hybridized carbons (Fsp3) is 0.269. The molecule has 0 atom stereocenters. The molecule has 0 aliphatic heterocycles. The Morgan fingerprint density at radius 2 is 1.41 bits per heavy atom. The summed E-state index contributed by atoms with van der Waals surface area (Å²) in [6, 6.07) is 23.4. The van der Waals surface area contributed by atoms with Crippen LogP contribution in [0.3, 0.4) is 0 Å². The number of nitrogens with zero attached hydrogens (tertiary/aromatic N) is 1. The number of carbonyl (C=O) groups is 1. The maximum atomic E-state index is 10.5. The molecule has 0 unspecified atom stereocenters. The molecular weight excluding hydrogens is 445 g/mol. The Kier molecular flexibility index (Phi) is 8.19. The summed E-state index contributed by atoms with van der Waals surface area (Å²) in [7, 11) is 2.13. The lowest BCUT2D eigenvalue weighted by Gasteiger charge is -2.40. The third-order valence-corrected chi connectivity index (χ3v) is 6.32. The summed E-state index contributed by atoms with van der Waals surface area (Å²) in [6.07, 6.45) is 1.84. The summed E-state index contributed by atoms with van der Waals surface area (Å²) in [5.74, 6) is -0.713. The van der Waals surface area contributed by atoms with E-state index in [0.717, 1.165) is 30.5 Å². The van der Waals surface area contributed by atoms with Crippen molar-refractivity contribution in [2.45, 2.75) is 25.3 Å². The average Bonchev–Trinajstić information content (AvgIpc) is 2.79. The van der Waals surface area contributed by atoms with Crippen LogP contribution in [0.4, 0.5) is 0 Å². The van der Waals surface area contributed by atoms with Crippen LogP contribution in [0, 0.1) is 0 Å². The zero-order valence-electron chi connectivity index (χ0n) is 18.2. The van der Waals surface area contributed by atoms with Crippen molar-refractivity contribution < 1.29 is 14.6 Å². The van der Waals surface area contributed by atoms with Gasteiger partial charge in [0.25, 0.3) is 0 Å². The second-order valence-corrected chi connectivity index (χ2v) is 8.79. The summed E-state index contributed by atoms with van der Waals surface area (Å²) in [4.78, 5) is 12.9. The van der Waals surface area contributed by atoms with Gasteiger partial charge in [0.2, 0.25) is 0 Å². The van der Waals surface area contributed by atoms with E-state index >= 15 is 0 Å². The summed E-state index contributed by atoms with van der Waals surface area (Å²) in [5, 5.41) is 11.9. The first kappa shape index (κ1) is 24.1. The van der Waals surface area contributed by atoms with Gasteiger partial charge in [-0.05, 0) is 86.4 Å². The number of carboxylic acids is 1. The third kappa shape index (κ3) is 6.04. The topological polar surface area (TPSA) is 52.6 Å². The number of rotatable bonds is 10. The van der Waals surface area contributed by atoms with Gasteiger partial charge in [-0.25, -0.2) is 0 Å². The number of ether oxygens (including phenoxy) is 1. The molecule has 0 aliphatic rings. The lowest BCUT2D eigenvalue weighted by atomic mass is 9.83. The highest BCUT2D eigenvalue weighted by Crippen LogP contribution is 2.36. The zero-order chi connectivity index (χ0) is 23.1. The van der Waals surface area contributed by atoms with Crippen molar-refractivity contribution in [1.29, 1.82) is 0 Å². The highest BCUT2D eigenvalue weighted by molar-refractivity contribution is 6.30. The van der Waals surface area contributed by atoms with E-state index in [9.17, 15) is 9.90 Å². The molecule has 0 N–H and O–H groups in total. The number of hydrogen-bond acceptors (Lipinski definition) is 4. The SMILES string of the molecule is CN(CCCc1ccc(OCC(=O)[O-])cc1)C(C)(c1ccc(Cl)cc1)c1ccc(Cl)cc1. The van der Waals surface area contributed by atoms with Crippen molar-refractivity contribution in [3.05, 3.63) is 99.5 Å². The van der Waals surface area contributed by atoms with Crippen LogP contribution < -0.4 is 9.84 Å². The zero-order valence-corrected chi connectivity index (χ0v) is 19.7. The predicted molar refractivity (Wildman–Crippen MR) is 127 cm³/mol. The fourth-order valence-corrected chi connectivity index (χ4v) is 4.05. The van der Waals surface area contributed by atoms with Crippen molar-refractivity contribution in [3.8, 4) is 5.75 Å². The van der Waals surface area contributed by atoms with Crippen LogP contribution >= 0.6 is 23.2 Å². The number of benzene rings is 3. The van der Waals surface area contributed by atoms with E-state index < -0.39 is 12.6 Å². The molecular formula is C26H26Cl2NO3-. The largest absolute Gasteiger partial charge is 0.546 e.